The van der Waals surface area contributed by atoms with E-state index in [-0.39, 0.29) is 50.5 Å². The van der Waals surface area contributed by atoms with Crippen molar-refractivity contribution in [1.82, 2.24) is 25.8 Å². The van der Waals surface area contributed by atoms with Crippen molar-refractivity contribution in [3.05, 3.63) is 23.8 Å². The highest BCUT2D eigenvalue weighted by molar-refractivity contribution is 6.42. The van der Waals surface area contributed by atoms with Crippen molar-refractivity contribution in [2.45, 2.75) is 44.7 Å². The zero-order valence-electron chi connectivity index (χ0n) is 19.9. The maximum Gasteiger partial charge on any atom is 0.358 e. The van der Waals surface area contributed by atoms with Gasteiger partial charge in [0.2, 0.25) is 18.6 Å². The fourth-order valence-electron chi connectivity index (χ4n) is 4.28. The van der Waals surface area contributed by atoms with Crippen molar-refractivity contribution in [2.75, 3.05) is 19.9 Å². The number of nitrogens with zero attached hydrogens (tertiary/aromatic N) is 3. The van der Waals surface area contributed by atoms with Gasteiger partial charge in [-0.1, -0.05) is 0 Å². The maximum absolute atomic E-state index is 13.4. The number of nitrogens with one attached hydrogen (secondary N) is 2. The SMILES string of the molecule is CC(=O)C[C@@H](C=O)NC(=O)[C@@H]1CCCN2C(=O)CCN(NC(=O)C(=O)c3ccc4c(c3)OCO4)C(=O)N12. The summed E-state index contributed by atoms with van der Waals surface area (Å²) in [6.07, 6.45) is 0.606. The Balaban J connectivity index is 1.51. The lowest BCUT2D eigenvalue weighted by molar-refractivity contribution is -0.155. The molecule has 0 radical (unpaired) electrons. The van der Waals surface area contributed by atoms with E-state index >= 15 is 0 Å². The number of Topliss-reactive ketones (excluding diaryl/α,β-unsaturated/α-hetero) is 2. The third-order valence-electron chi connectivity index (χ3n) is 6.05. The molecule has 0 unspecified atom stereocenters. The Morgan fingerprint density at radius 3 is 2.62 bits per heavy atom. The van der Waals surface area contributed by atoms with Gasteiger partial charge in [0.25, 0.3) is 5.78 Å². The van der Waals surface area contributed by atoms with E-state index in [0.29, 0.717) is 24.2 Å². The van der Waals surface area contributed by atoms with Crippen LogP contribution in [-0.4, -0.2) is 88.6 Å². The molecular formula is C23H25N5O9. The maximum atomic E-state index is 13.4. The fraction of sp³-hybridized carbons (Fsp3) is 0.435. The Morgan fingerprint density at radius 1 is 1.14 bits per heavy atom. The van der Waals surface area contributed by atoms with Crippen LogP contribution >= 0.6 is 0 Å². The normalized spacial score (nSPS) is 19.5. The molecular weight excluding hydrogens is 490 g/mol. The highest BCUT2D eigenvalue weighted by atomic mass is 16.7. The van der Waals surface area contributed by atoms with Crippen molar-refractivity contribution < 1.29 is 43.0 Å². The van der Waals surface area contributed by atoms with Crippen molar-refractivity contribution in [3.63, 3.8) is 0 Å². The number of carbonyl (C=O) groups is 7. The molecule has 0 bridgehead atoms. The molecule has 3 aliphatic rings. The van der Waals surface area contributed by atoms with Crippen LogP contribution in [0.2, 0.25) is 0 Å². The van der Waals surface area contributed by atoms with Crippen LogP contribution in [0.4, 0.5) is 4.79 Å². The molecule has 14 heteroatoms. The standard InChI is InChI=1S/C23H25N5O9/c1-13(30)9-15(11-29)24-21(33)16-3-2-7-27-19(31)6-8-26(23(35)28(16)27)25-22(34)20(32)14-4-5-17-18(10-14)37-12-36-17/h4-5,10-11,15-16H,2-3,6-9,12H2,1H3,(H,24,33)(H,25,34)/t15-,16-/m0/s1. The van der Waals surface area contributed by atoms with E-state index < -0.39 is 41.6 Å². The molecule has 0 aromatic heterocycles. The van der Waals surface area contributed by atoms with Crippen molar-refractivity contribution >= 4 is 41.6 Å². The van der Waals surface area contributed by atoms with E-state index in [1.54, 1.807) is 0 Å². The minimum atomic E-state index is -1.18. The summed E-state index contributed by atoms with van der Waals surface area (Å²) in [6, 6.07) is 1.03. The largest absolute Gasteiger partial charge is 0.454 e. The Morgan fingerprint density at radius 2 is 1.89 bits per heavy atom. The number of hydrogen-bond acceptors (Lipinski definition) is 9. The molecule has 3 heterocycles. The lowest BCUT2D eigenvalue weighted by atomic mass is 10.1. The monoisotopic (exact) mass is 515 g/mol. The summed E-state index contributed by atoms with van der Waals surface area (Å²) in [6.45, 7) is 1.18. The number of urea groups is 1. The summed E-state index contributed by atoms with van der Waals surface area (Å²) >= 11 is 0. The summed E-state index contributed by atoms with van der Waals surface area (Å²) in [7, 11) is 0. The van der Waals surface area contributed by atoms with Gasteiger partial charge in [-0.3, -0.25) is 29.4 Å². The number of aldehydes is 1. The van der Waals surface area contributed by atoms with E-state index in [1.165, 1.54) is 25.1 Å². The first-order valence-electron chi connectivity index (χ1n) is 11.6. The quantitative estimate of drug-likeness (QED) is 0.259. The molecule has 4 rings (SSSR count). The fourth-order valence-corrected chi connectivity index (χ4v) is 4.28. The molecule has 14 nitrogen and oxygen atoms in total. The number of benzene rings is 1. The molecule has 2 atom stereocenters. The Bertz CT molecular complexity index is 1170. The van der Waals surface area contributed by atoms with Crippen LogP contribution in [0.15, 0.2) is 18.2 Å². The first-order chi connectivity index (χ1) is 17.7. The highest BCUT2D eigenvalue weighted by Gasteiger charge is 2.44. The van der Waals surface area contributed by atoms with Crippen LogP contribution in [0.1, 0.15) is 43.0 Å². The van der Waals surface area contributed by atoms with E-state index in [9.17, 15) is 33.6 Å². The summed E-state index contributed by atoms with van der Waals surface area (Å²) in [5, 5.41) is 5.29. The van der Waals surface area contributed by atoms with Gasteiger partial charge in [0.05, 0.1) is 12.6 Å². The number of hydrogen-bond donors (Lipinski definition) is 2. The minimum Gasteiger partial charge on any atom is -0.454 e. The minimum absolute atomic E-state index is 0.00215. The molecule has 0 spiro atoms. The average molecular weight is 515 g/mol. The topological polar surface area (TPSA) is 172 Å². The lowest BCUT2D eigenvalue weighted by Gasteiger charge is -2.42. The zero-order valence-corrected chi connectivity index (χ0v) is 19.9. The molecule has 5 amide bonds. The third kappa shape index (κ3) is 5.37. The molecule has 1 aromatic carbocycles. The van der Waals surface area contributed by atoms with Crippen LogP contribution < -0.4 is 20.2 Å². The molecule has 1 aromatic rings. The van der Waals surface area contributed by atoms with E-state index in [4.69, 9.17) is 9.47 Å². The third-order valence-corrected chi connectivity index (χ3v) is 6.05. The van der Waals surface area contributed by atoms with E-state index in [1.807, 2.05) is 0 Å². The molecule has 2 saturated heterocycles. The van der Waals surface area contributed by atoms with Crippen LogP contribution in [-0.2, 0) is 24.0 Å². The van der Waals surface area contributed by atoms with Gasteiger partial charge >= 0.3 is 11.9 Å². The lowest BCUT2D eigenvalue weighted by Crippen LogP contribution is -2.65. The molecule has 2 fully saturated rings. The second-order valence-electron chi connectivity index (χ2n) is 8.70. The first kappa shape index (κ1) is 25.6. The average Bonchev–Trinajstić information content (AvgIpc) is 3.32. The number of carbonyl (C=O) groups excluding carboxylic acids is 7. The van der Waals surface area contributed by atoms with Gasteiger partial charge in [0, 0.05) is 24.9 Å². The predicted molar refractivity (Wildman–Crippen MR) is 122 cm³/mol. The summed E-state index contributed by atoms with van der Waals surface area (Å²) in [4.78, 5) is 87.3. The van der Waals surface area contributed by atoms with Crippen molar-refractivity contribution in [3.8, 4) is 11.5 Å². The summed E-state index contributed by atoms with van der Waals surface area (Å²) < 4.78 is 10.4. The zero-order chi connectivity index (χ0) is 26.7. The van der Waals surface area contributed by atoms with Crippen LogP contribution in [0.25, 0.3) is 0 Å². The van der Waals surface area contributed by atoms with Gasteiger partial charge in [-0.15, -0.1) is 0 Å². The first-order valence-corrected chi connectivity index (χ1v) is 11.6. The second kappa shape index (κ2) is 10.6. The molecule has 2 N–H and O–H groups in total. The van der Waals surface area contributed by atoms with Gasteiger partial charge in [-0.2, -0.15) is 0 Å². The molecule has 0 aliphatic carbocycles. The summed E-state index contributed by atoms with van der Waals surface area (Å²) in [5.74, 6) is -2.86. The number of fused-ring (bicyclic) bond motifs is 2. The number of ketones is 2. The van der Waals surface area contributed by atoms with Crippen molar-refractivity contribution in [1.29, 1.82) is 0 Å². The summed E-state index contributed by atoms with van der Waals surface area (Å²) in [5.41, 5.74) is 2.24. The predicted octanol–water partition coefficient (Wildman–Crippen LogP) is -0.674. The second-order valence-corrected chi connectivity index (χ2v) is 8.70. The molecule has 3 aliphatic heterocycles. The molecule has 0 saturated carbocycles. The smallest absolute Gasteiger partial charge is 0.358 e. The Labute approximate surface area is 210 Å². The van der Waals surface area contributed by atoms with Crippen molar-refractivity contribution in [2.24, 2.45) is 0 Å². The van der Waals surface area contributed by atoms with Gasteiger partial charge < -0.3 is 19.6 Å². The van der Waals surface area contributed by atoms with Gasteiger partial charge in [-0.25, -0.2) is 19.8 Å². The molecule has 37 heavy (non-hydrogen) atoms. The number of rotatable bonds is 8. The Hall–Kier alpha value is -4.49. The number of hydrazine groups is 2. The van der Waals surface area contributed by atoms with Gasteiger partial charge in [-0.05, 0) is 38.0 Å². The van der Waals surface area contributed by atoms with Gasteiger partial charge in [0.15, 0.2) is 11.5 Å². The van der Waals surface area contributed by atoms with E-state index in [2.05, 4.69) is 10.7 Å². The highest BCUT2D eigenvalue weighted by Crippen LogP contribution is 2.32. The van der Waals surface area contributed by atoms with Crippen LogP contribution in [0.5, 0.6) is 11.5 Å². The molecule has 196 valence electrons. The number of amides is 5. The Kier molecular flexibility index (Phi) is 7.36. The van der Waals surface area contributed by atoms with Crippen LogP contribution in [0.3, 0.4) is 0 Å². The van der Waals surface area contributed by atoms with Crippen LogP contribution in [0, 0.1) is 0 Å². The van der Waals surface area contributed by atoms with E-state index in [0.717, 1.165) is 15.0 Å². The number of ether oxygens (including phenoxy) is 2. The van der Waals surface area contributed by atoms with Gasteiger partial charge in [0.1, 0.15) is 18.1 Å².